The van der Waals surface area contributed by atoms with E-state index in [0.717, 1.165) is 0 Å². The average molecular weight is 713 g/mol. The zero-order chi connectivity index (χ0) is 29.1. The maximum absolute atomic E-state index is 4.26. The van der Waals surface area contributed by atoms with Gasteiger partial charge in [-0.1, -0.05) is 0 Å². The van der Waals surface area contributed by atoms with Crippen LogP contribution in [0, 0.1) is 41.7 Å². The van der Waals surface area contributed by atoms with Crippen molar-refractivity contribution in [1.82, 2.24) is 77.5 Å². The second kappa shape index (κ2) is 15.6. The number of hydrogen-bond acceptors (Lipinski definition) is 8. The summed E-state index contributed by atoms with van der Waals surface area (Å²) in [4.78, 5) is 0. The molecule has 8 rings (SSSR count). The maximum atomic E-state index is 4.26. The van der Waals surface area contributed by atoms with Gasteiger partial charge in [-0.3, -0.25) is 0 Å². The van der Waals surface area contributed by atoms with Crippen molar-refractivity contribution < 1.29 is 41.7 Å². The first-order chi connectivity index (χ1) is 21.3. The summed E-state index contributed by atoms with van der Waals surface area (Å²) in [5.41, 5.74) is 0. The zero-order valence-electron chi connectivity index (χ0n) is 23.9. The van der Waals surface area contributed by atoms with Crippen molar-refractivity contribution in [3.05, 3.63) is 148 Å². The van der Waals surface area contributed by atoms with Gasteiger partial charge in [0, 0.05) is 49.6 Å². The number of aromatic nitrogens is 16. The van der Waals surface area contributed by atoms with Crippen LogP contribution in [-0.2, 0) is 0 Å². The van der Waals surface area contributed by atoms with E-state index in [1.54, 1.807) is 49.6 Å². The Morgan fingerprint density at radius 3 is 0.727 bits per heavy atom. The predicted octanol–water partition coefficient (Wildman–Crippen LogP) is -0.649. The molecule has 0 bridgehead atoms. The Hall–Kier alpha value is -4.75. The second-order valence-electron chi connectivity index (χ2n) is 9.68. The summed E-state index contributed by atoms with van der Waals surface area (Å²) >= 11 is 0. The number of hydrogen-bond donors (Lipinski definition) is 0. The van der Waals surface area contributed by atoms with Crippen LogP contribution in [0.1, 0.15) is 0 Å². The SMILES string of the molecule is [BH2-](n1cccn1)n1cccn1.[Ce+3].c1cnn([BH-](n2cccn2)n2cccn2)c1.c1cnn([BH-](n2cccn2)n2cccn2)c1. The van der Waals surface area contributed by atoms with Crippen molar-refractivity contribution >= 4 is 21.8 Å². The van der Waals surface area contributed by atoms with Crippen LogP contribution in [0.25, 0.3) is 0 Å². The molecule has 0 N–H and O–H groups in total. The monoisotopic (exact) mass is 713 g/mol. The molecule has 217 valence electrons. The fraction of sp³-hybridized carbons (Fsp3) is 0. The van der Waals surface area contributed by atoms with Gasteiger partial charge in [-0.25, -0.2) is 40.8 Å². The molecule has 16 nitrogen and oxygen atoms in total. The summed E-state index contributed by atoms with van der Waals surface area (Å²) in [7, 11) is -2.67. The van der Waals surface area contributed by atoms with E-state index in [0.29, 0.717) is 0 Å². The summed E-state index contributed by atoms with van der Waals surface area (Å²) in [6.45, 7) is 0. The van der Waals surface area contributed by atoms with Crippen LogP contribution < -0.4 is 0 Å². The van der Waals surface area contributed by atoms with Gasteiger partial charge in [-0.15, -0.1) is 0 Å². The summed E-state index contributed by atoms with van der Waals surface area (Å²) in [5, 5.41) is 33.8. The average Bonchev–Trinajstić information content (AvgIpc) is 3.89. The van der Waals surface area contributed by atoms with Crippen LogP contribution in [0.2, 0.25) is 0 Å². The van der Waals surface area contributed by atoms with Gasteiger partial charge in [-0.2, -0.15) is 0 Å². The molecule has 0 atom stereocenters. The normalized spacial score (nSPS) is 10.6. The third kappa shape index (κ3) is 7.79. The van der Waals surface area contributed by atoms with Crippen LogP contribution in [0.15, 0.2) is 148 Å². The number of nitrogens with zero attached hydrogens (tertiary/aromatic N) is 16. The van der Waals surface area contributed by atoms with Crippen LogP contribution in [0.4, 0.5) is 0 Å². The van der Waals surface area contributed by atoms with Crippen molar-refractivity contribution in [2.45, 2.75) is 0 Å². The minimum Gasteiger partial charge on any atom is -0.429 e. The molecule has 1 radical (unpaired) electrons. The predicted molar refractivity (Wildman–Crippen MR) is 164 cm³/mol. The second-order valence-corrected chi connectivity index (χ2v) is 9.68. The van der Waals surface area contributed by atoms with Gasteiger partial charge in [0.1, 0.15) is 0 Å². The van der Waals surface area contributed by atoms with Crippen molar-refractivity contribution in [2.24, 2.45) is 0 Å². The van der Waals surface area contributed by atoms with E-state index in [1.807, 2.05) is 135 Å². The molecular formula is C24H28B3CeN16. The molecule has 20 heteroatoms. The topological polar surface area (TPSA) is 143 Å². The van der Waals surface area contributed by atoms with E-state index in [9.17, 15) is 0 Å². The summed E-state index contributed by atoms with van der Waals surface area (Å²) in [5.74, 6) is 0. The molecule has 0 saturated carbocycles. The minimum atomic E-state index is -1.12. The van der Waals surface area contributed by atoms with E-state index in [1.165, 1.54) is 0 Å². The minimum absolute atomic E-state index is 0. The molecule has 0 aliphatic heterocycles. The Balaban J connectivity index is 0.000000132. The van der Waals surface area contributed by atoms with Crippen molar-refractivity contribution in [2.75, 3.05) is 0 Å². The van der Waals surface area contributed by atoms with Crippen molar-refractivity contribution in [3.63, 3.8) is 0 Å². The third-order valence-corrected chi connectivity index (χ3v) is 6.78. The molecule has 8 heterocycles. The fourth-order valence-electron chi connectivity index (χ4n) is 4.83. The Kier molecular flexibility index (Phi) is 10.9. The largest absolute Gasteiger partial charge is 3.00 e. The van der Waals surface area contributed by atoms with Gasteiger partial charge in [0.05, 0.1) is 0 Å². The Morgan fingerprint density at radius 1 is 0.318 bits per heavy atom. The first-order valence-corrected chi connectivity index (χ1v) is 13.9. The van der Waals surface area contributed by atoms with Crippen LogP contribution in [-0.4, -0.2) is 99.3 Å². The maximum Gasteiger partial charge on any atom is 3.00 e. The Bertz CT molecular complexity index is 1490. The van der Waals surface area contributed by atoms with Crippen LogP contribution in [0.5, 0.6) is 0 Å². The molecular weight excluding hydrogens is 685 g/mol. The molecule has 8 aromatic rings. The molecule has 0 aromatic carbocycles. The first kappa shape index (κ1) is 30.7. The molecule has 8 aromatic heterocycles. The van der Waals surface area contributed by atoms with E-state index >= 15 is 0 Å². The molecule has 0 spiro atoms. The van der Waals surface area contributed by atoms with Gasteiger partial charge >= 0.3 is 56.0 Å². The van der Waals surface area contributed by atoms with Crippen LogP contribution >= 0.6 is 0 Å². The molecule has 44 heavy (non-hydrogen) atoms. The third-order valence-electron chi connectivity index (χ3n) is 6.78. The van der Waals surface area contributed by atoms with Gasteiger partial charge in [0.15, 0.2) is 7.55 Å². The summed E-state index contributed by atoms with van der Waals surface area (Å²) in [6.07, 6.45) is 29.6. The van der Waals surface area contributed by atoms with E-state index in [-0.39, 0.29) is 41.7 Å². The Labute approximate surface area is 286 Å². The first-order valence-electron chi connectivity index (χ1n) is 13.9. The smallest absolute Gasteiger partial charge is 0.429 e. The van der Waals surface area contributed by atoms with Crippen molar-refractivity contribution in [1.29, 1.82) is 0 Å². The van der Waals surface area contributed by atoms with Gasteiger partial charge in [0.25, 0.3) is 0 Å². The Morgan fingerprint density at radius 2 is 0.545 bits per heavy atom. The fourth-order valence-corrected chi connectivity index (χ4v) is 4.83. The van der Waals surface area contributed by atoms with Gasteiger partial charge < -0.3 is 36.7 Å². The molecule has 0 amide bonds. The van der Waals surface area contributed by atoms with E-state index < -0.39 is 21.8 Å². The van der Waals surface area contributed by atoms with E-state index in [2.05, 4.69) is 40.8 Å². The zero-order valence-corrected chi connectivity index (χ0v) is 27.1. The summed E-state index contributed by atoms with van der Waals surface area (Å²) in [6, 6.07) is 15.2. The van der Waals surface area contributed by atoms with E-state index in [4.69, 9.17) is 0 Å². The van der Waals surface area contributed by atoms with Gasteiger partial charge in [0.2, 0.25) is 0 Å². The molecule has 0 aliphatic carbocycles. The quantitative estimate of drug-likeness (QED) is 0.189. The molecule has 0 saturated heterocycles. The molecule has 0 unspecified atom stereocenters. The standard InChI is InChI=1S/2C9H10BN6.C6H8BN4.Ce/c2*1-4-11-14(7-1)10(15-8-2-5-12-15)16-9-3-6-13-16;1-3-8-10(5-1)7-11-6-2-4-9-11;/h2*1-10H;1-6H,7H2;/q3*-1;+3. The molecule has 0 fully saturated rings. The van der Waals surface area contributed by atoms with Crippen molar-refractivity contribution in [3.8, 4) is 0 Å². The number of rotatable bonds is 8. The van der Waals surface area contributed by atoms with Gasteiger partial charge in [-0.05, 0) is 98.1 Å². The molecule has 0 aliphatic rings. The summed E-state index contributed by atoms with van der Waals surface area (Å²) < 4.78 is 15.1. The van der Waals surface area contributed by atoms with Crippen LogP contribution in [0.3, 0.4) is 0 Å².